The topological polar surface area (TPSA) is 65.1 Å². The highest BCUT2D eigenvalue weighted by Gasteiger charge is 2.23. The van der Waals surface area contributed by atoms with Gasteiger partial charge in [-0.15, -0.1) is 0 Å². The van der Waals surface area contributed by atoms with E-state index in [2.05, 4.69) is 51.0 Å². The Morgan fingerprint density at radius 2 is 2.00 bits per heavy atom. The molecule has 28 heavy (non-hydrogen) atoms. The summed E-state index contributed by atoms with van der Waals surface area (Å²) in [5, 5.41) is 0. The van der Waals surface area contributed by atoms with Gasteiger partial charge in [0, 0.05) is 55.3 Å². The number of rotatable bonds is 5. The van der Waals surface area contributed by atoms with Crippen molar-refractivity contribution in [2.75, 3.05) is 27.2 Å². The Morgan fingerprint density at radius 3 is 2.68 bits per heavy atom. The van der Waals surface area contributed by atoms with Crippen LogP contribution in [0.1, 0.15) is 12.0 Å². The third kappa shape index (κ3) is 4.18. The van der Waals surface area contributed by atoms with E-state index < -0.39 is 0 Å². The number of nitrogens with zero attached hydrogens (tertiary/aromatic N) is 4. The molecule has 0 bridgehead atoms. The Labute approximate surface area is 164 Å². The zero-order valence-electron chi connectivity index (χ0n) is 16.3. The number of likely N-dealkylation sites (N-methyl/N-ethyl adjacent to an activating group) is 1. The largest absolute Gasteiger partial charge is 0.306 e. The van der Waals surface area contributed by atoms with Crippen molar-refractivity contribution in [3.63, 3.8) is 0 Å². The minimum atomic E-state index is -0.167. The molecule has 0 radical (unpaired) electrons. The number of pyridine rings is 1. The number of benzene rings is 1. The van der Waals surface area contributed by atoms with Gasteiger partial charge in [-0.2, -0.15) is 0 Å². The number of nitrogens with one attached hydrogen (secondary N) is 1. The van der Waals surface area contributed by atoms with Gasteiger partial charge in [0.2, 0.25) is 0 Å². The molecule has 1 aromatic carbocycles. The van der Waals surface area contributed by atoms with Crippen LogP contribution in [-0.4, -0.2) is 58.0 Å². The van der Waals surface area contributed by atoms with Crippen LogP contribution in [0.15, 0.2) is 59.7 Å². The minimum absolute atomic E-state index is 0.167. The maximum absolute atomic E-state index is 12.1. The quantitative estimate of drug-likeness (QED) is 0.743. The molecule has 1 N–H and O–H groups in total. The molecular weight excluding hydrogens is 350 g/mol. The van der Waals surface area contributed by atoms with Crippen LogP contribution in [0.4, 0.5) is 0 Å². The summed E-state index contributed by atoms with van der Waals surface area (Å²) in [6, 6.07) is 14.2. The van der Waals surface area contributed by atoms with Gasteiger partial charge in [-0.05, 0) is 38.2 Å². The Hall–Kier alpha value is -2.83. The molecule has 6 heteroatoms. The van der Waals surface area contributed by atoms with Crippen molar-refractivity contribution in [2.24, 2.45) is 0 Å². The van der Waals surface area contributed by atoms with Crippen LogP contribution < -0.4 is 5.56 Å². The lowest BCUT2D eigenvalue weighted by molar-refractivity contribution is 0.264. The van der Waals surface area contributed by atoms with Gasteiger partial charge >= 0.3 is 0 Å². The molecule has 1 fully saturated rings. The molecule has 1 atom stereocenters. The number of aromatic amines is 1. The third-order valence-corrected chi connectivity index (χ3v) is 5.31. The summed E-state index contributed by atoms with van der Waals surface area (Å²) in [5.41, 5.74) is 3.46. The van der Waals surface area contributed by atoms with Crippen molar-refractivity contribution < 1.29 is 0 Å². The first kappa shape index (κ1) is 18.5. The highest BCUT2D eigenvalue weighted by atomic mass is 16.1. The van der Waals surface area contributed by atoms with Gasteiger partial charge in [-0.25, -0.2) is 4.98 Å². The lowest BCUT2D eigenvalue weighted by Crippen LogP contribution is -2.31. The molecule has 4 rings (SSSR count). The summed E-state index contributed by atoms with van der Waals surface area (Å²) in [7, 11) is 4.30. The first-order chi connectivity index (χ1) is 13.6. The summed E-state index contributed by atoms with van der Waals surface area (Å²) in [5.74, 6) is 0.576. The van der Waals surface area contributed by atoms with E-state index in [1.807, 2.05) is 24.3 Å². The van der Waals surface area contributed by atoms with E-state index in [-0.39, 0.29) is 5.56 Å². The van der Waals surface area contributed by atoms with Crippen LogP contribution in [0.5, 0.6) is 0 Å². The van der Waals surface area contributed by atoms with E-state index in [0.717, 1.165) is 30.8 Å². The van der Waals surface area contributed by atoms with Crippen molar-refractivity contribution in [1.29, 1.82) is 0 Å². The number of H-pyrrole nitrogens is 1. The monoisotopic (exact) mass is 375 g/mol. The van der Waals surface area contributed by atoms with Crippen molar-refractivity contribution >= 4 is 0 Å². The third-order valence-electron chi connectivity index (χ3n) is 5.31. The van der Waals surface area contributed by atoms with Crippen molar-refractivity contribution in [3.05, 3.63) is 70.8 Å². The molecule has 1 unspecified atom stereocenters. The molecule has 144 valence electrons. The predicted octanol–water partition coefficient (Wildman–Crippen LogP) is 2.63. The second-order valence-electron chi connectivity index (χ2n) is 7.56. The fourth-order valence-corrected chi connectivity index (χ4v) is 3.66. The highest BCUT2D eigenvalue weighted by Crippen LogP contribution is 2.21. The lowest BCUT2D eigenvalue weighted by Gasteiger charge is -2.20. The first-order valence-electron chi connectivity index (χ1n) is 9.58. The fourth-order valence-electron chi connectivity index (χ4n) is 3.66. The number of likely N-dealkylation sites (tertiary alicyclic amines) is 1. The second-order valence-corrected chi connectivity index (χ2v) is 7.56. The second kappa shape index (κ2) is 8.04. The molecule has 3 aromatic rings. The molecule has 6 nitrogen and oxygen atoms in total. The molecule has 1 saturated heterocycles. The van der Waals surface area contributed by atoms with E-state index >= 15 is 0 Å². The van der Waals surface area contributed by atoms with E-state index in [0.29, 0.717) is 17.6 Å². The van der Waals surface area contributed by atoms with Gasteiger partial charge in [-0.3, -0.25) is 14.7 Å². The van der Waals surface area contributed by atoms with Gasteiger partial charge < -0.3 is 9.88 Å². The van der Waals surface area contributed by atoms with Crippen LogP contribution >= 0.6 is 0 Å². The first-order valence-corrected chi connectivity index (χ1v) is 9.58. The summed E-state index contributed by atoms with van der Waals surface area (Å²) in [6.45, 7) is 3.19. The van der Waals surface area contributed by atoms with Crippen LogP contribution in [0.2, 0.25) is 0 Å². The zero-order chi connectivity index (χ0) is 19.5. The van der Waals surface area contributed by atoms with Gasteiger partial charge in [0.15, 0.2) is 0 Å². The van der Waals surface area contributed by atoms with Crippen molar-refractivity contribution in [1.82, 2.24) is 24.8 Å². The van der Waals surface area contributed by atoms with Crippen molar-refractivity contribution in [2.45, 2.75) is 19.0 Å². The maximum atomic E-state index is 12.1. The van der Waals surface area contributed by atoms with E-state index in [9.17, 15) is 4.79 Å². The smallest absolute Gasteiger partial charge is 0.251 e. The molecule has 0 amide bonds. The molecule has 1 aliphatic heterocycles. The Balaban J connectivity index is 1.51. The SMILES string of the molecule is CN(C)C1CCN(Cc2ccc(-c3nc(-c4cccnc4)cc(=O)[nH]3)cc2)C1. The fraction of sp³-hybridized carbons (Fsp3) is 0.318. The van der Waals surface area contributed by atoms with Crippen LogP contribution in [0, 0.1) is 0 Å². The molecule has 0 spiro atoms. The average molecular weight is 375 g/mol. The summed E-state index contributed by atoms with van der Waals surface area (Å²) < 4.78 is 0. The Morgan fingerprint density at radius 1 is 1.18 bits per heavy atom. The molecule has 2 aromatic heterocycles. The van der Waals surface area contributed by atoms with Gasteiger partial charge in [-0.1, -0.05) is 24.3 Å². The van der Waals surface area contributed by atoms with Gasteiger partial charge in [0.25, 0.3) is 5.56 Å². The number of hydrogen-bond acceptors (Lipinski definition) is 5. The summed E-state index contributed by atoms with van der Waals surface area (Å²) >= 11 is 0. The number of aromatic nitrogens is 3. The highest BCUT2D eigenvalue weighted by molar-refractivity contribution is 5.62. The normalized spacial score (nSPS) is 17.3. The average Bonchev–Trinajstić information content (AvgIpc) is 3.18. The molecule has 0 aliphatic carbocycles. The van der Waals surface area contributed by atoms with Crippen LogP contribution in [0.25, 0.3) is 22.6 Å². The number of hydrogen-bond donors (Lipinski definition) is 1. The predicted molar refractivity (Wildman–Crippen MR) is 111 cm³/mol. The minimum Gasteiger partial charge on any atom is -0.306 e. The Kier molecular flexibility index (Phi) is 5.32. The summed E-state index contributed by atoms with van der Waals surface area (Å²) in [4.78, 5) is 28.5. The van der Waals surface area contributed by atoms with Crippen molar-refractivity contribution in [3.8, 4) is 22.6 Å². The zero-order valence-corrected chi connectivity index (χ0v) is 16.3. The van der Waals surface area contributed by atoms with E-state index in [1.165, 1.54) is 18.1 Å². The van der Waals surface area contributed by atoms with Crippen LogP contribution in [0.3, 0.4) is 0 Å². The lowest BCUT2D eigenvalue weighted by atomic mass is 10.1. The molecular formula is C22H25N5O. The van der Waals surface area contributed by atoms with Gasteiger partial charge in [0.05, 0.1) is 5.69 Å². The van der Waals surface area contributed by atoms with E-state index in [1.54, 1.807) is 12.4 Å². The Bertz CT molecular complexity index is 982. The summed E-state index contributed by atoms with van der Waals surface area (Å²) in [6.07, 6.45) is 4.64. The molecule has 1 aliphatic rings. The molecule has 0 saturated carbocycles. The van der Waals surface area contributed by atoms with E-state index in [4.69, 9.17) is 0 Å². The standard InChI is InChI=1S/C22H25N5O/c1-26(2)19-9-11-27(15-19)14-16-5-7-17(8-6-16)22-24-20(12-21(28)25-22)18-4-3-10-23-13-18/h3-8,10,12-13,19H,9,11,14-15H2,1-2H3,(H,24,25,28). The molecule has 3 heterocycles. The van der Waals surface area contributed by atoms with Crippen LogP contribution in [-0.2, 0) is 6.54 Å². The van der Waals surface area contributed by atoms with Gasteiger partial charge in [0.1, 0.15) is 5.82 Å². The maximum Gasteiger partial charge on any atom is 0.251 e.